The van der Waals surface area contributed by atoms with Crippen molar-refractivity contribution < 1.29 is 9.53 Å². The van der Waals surface area contributed by atoms with Crippen molar-refractivity contribution in [3.8, 4) is 0 Å². The van der Waals surface area contributed by atoms with Gasteiger partial charge >= 0.3 is 0 Å². The van der Waals surface area contributed by atoms with Gasteiger partial charge in [0.15, 0.2) is 5.65 Å². The minimum Gasteiger partial charge on any atom is -0.379 e. The predicted molar refractivity (Wildman–Crippen MR) is 78.9 cm³/mol. The summed E-state index contributed by atoms with van der Waals surface area (Å²) in [7, 11) is 0. The van der Waals surface area contributed by atoms with Gasteiger partial charge in [-0.15, -0.1) is 0 Å². The van der Waals surface area contributed by atoms with E-state index in [2.05, 4.69) is 10.1 Å². The molecule has 0 saturated carbocycles. The molecule has 2 aliphatic heterocycles. The quantitative estimate of drug-likeness (QED) is 0.886. The second-order valence-electron chi connectivity index (χ2n) is 5.88. The third kappa shape index (κ3) is 1.89. The molecule has 1 atom stereocenters. The van der Waals surface area contributed by atoms with Crippen LogP contribution in [0.1, 0.15) is 41.5 Å². The fourth-order valence-corrected chi connectivity index (χ4v) is 3.25. The number of carbonyl (C=O) groups is 1. The van der Waals surface area contributed by atoms with E-state index in [0.29, 0.717) is 30.1 Å². The largest absolute Gasteiger partial charge is 0.379 e. The number of aromatic nitrogens is 3. The average Bonchev–Trinajstić information content (AvgIpc) is 3.11. The van der Waals surface area contributed by atoms with Crippen molar-refractivity contribution in [3.05, 3.63) is 33.4 Å². The summed E-state index contributed by atoms with van der Waals surface area (Å²) >= 11 is 0. The molecule has 4 rings (SSSR count). The van der Waals surface area contributed by atoms with Gasteiger partial charge in [-0.1, -0.05) is 6.92 Å². The van der Waals surface area contributed by atoms with Crippen molar-refractivity contribution in [1.29, 1.82) is 0 Å². The third-order valence-electron chi connectivity index (χ3n) is 4.51. The molecule has 2 aromatic heterocycles. The number of amides is 1. The van der Waals surface area contributed by atoms with Gasteiger partial charge in [-0.25, -0.2) is 9.50 Å². The summed E-state index contributed by atoms with van der Waals surface area (Å²) in [6.45, 7) is 3.62. The molecule has 2 aliphatic rings. The van der Waals surface area contributed by atoms with Crippen molar-refractivity contribution in [1.82, 2.24) is 19.5 Å². The van der Waals surface area contributed by atoms with Crippen molar-refractivity contribution >= 4 is 11.6 Å². The minimum atomic E-state index is -0.174. The average molecular weight is 302 g/mol. The maximum atomic E-state index is 12.6. The summed E-state index contributed by atoms with van der Waals surface area (Å²) < 4.78 is 6.90. The topological polar surface area (TPSA) is 79.7 Å². The van der Waals surface area contributed by atoms with E-state index in [1.807, 2.05) is 13.0 Å². The minimum absolute atomic E-state index is 0.0457. The first-order valence-corrected chi connectivity index (χ1v) is 7.71. The van der Waals surface area contributed by atoms with Crippen LogP contribution in [0.25, 0.3) is 5.65 Å². The normalized spacial score (nSPS) is 21.6. The molecule has 1 saturated heterocycles. The summed E-state index contributed by atoms with van der Waals surface area (Å²) in [6.07, 6.45) is 2.64. The van der Waals surface area contributed by atoms with E-state index in [9.17, 15) is 9.59 Å². The Hall–Kier alpha value is -2.15. The Labute approximate surface area is 126 Å². The molecule has 1 amide bonds. The zero-order valence-corrected chi connectivity index (χ0v) is 12.5. The van der Waals surface area contributed by atoms with Gasteiger partial charge < -0.3 is 9.64 Å². The highest BCUT2D eigenvalue weighted by Gasteiger charge is 2.37. The molecule has 0 aromatic carbocycles. The fraction of sp³-hybridized carbons (Fsp3) is 0.533. The van der Waals surface area contributed by atoms with E-state index in [4.69, 9.17) is 4.74 Å². The lowest BCUT2D eigenvalue weighted by molar-refractivity contribution is 0.0177. The number of aryl methyl sites for hydroxylation is 1. The van der Waals surface area contributed by atoms with Crippen molar-refractivity contribution in [2.45, 2.75) is 38.8 Å². The Balaban J connectivity index is 1.77. The number of ether oxygens (including phenoxy) is 1. The number of aromatic amines is 1. The number of fused-ring (bicyclic) bond motifs is 2. The maximum absolute atomic E-state index is 12.6. The number of nitrogens with zero attached hydrogens (tertiary/aromatic N) is 3. The zero-order chi connectivity index (χ0) is 15.3. The summed E-state index contributed by atoms with van der Waals surface area (Å²) in [5.41, 5.74) is 2.05. The molecular weight excluding hydrogens is 284 g/mol. The van der Waals surface area contributed by atoms with Gasteiger partial charge in [0.2, 0.25) is 0 Å². The molecule has 0 radical (unpaired) electrons. The third-order valence-corrected chi connectivity index (χ3v) is 4.51. The van der Waals surface area contributed by atoms with Gasteiger partial charge in [0.1, 0.15) is 5.69 Å². The second-order valence-corrected chi connectivity index (χ2v) is 5.88. The smallest absolute Gasteiger partial charge is 0.278 e. The Morgan fingerprint density at radius 3 is 3.05 bits per heavy atom. The Morgan fingerprint density at radius 2 is 2.32 bits per heavy atom. The van der Waals surface area contributed by atoms with Crippen LogP contribution in [-0.4, -0.2) is 44.7 Å². The number of hydrogen-bond acceptors (Lipinski definition) is 4. The van der Waals surface area contributed by atoms with E-state index in [0.717, 1.165) is 31.6 Å². The van der Waals surface area contributed by atoms with Gasteiger partial charge in [-0.05, 0) is 19.3 Å². The maximum Gasteiger partial charge on any atom is 0.278 e. The molecule has 22 heavy (non-hydrogen) atoms. The van der Waals surface area contributed by atoms with Crippen LogP contribution < -0.4 is 5.56 Å². The highest BCUT2D eigenvalue weighted by molar-refractivity contribution is 5.97. The summed E-state index contributed by atoms with van der Waals surface area (Å²) in [5, 5.41) is 3.04. The molecule has 0 aliphatic carbocycles. The second kappa shape index (κ2) is 4.95. The van der Waals surface area contributed by atoms with Crippen LogP contribution in [0.4, 0.5) is 0 Å². The molecule has 1 N–H and O–H groups in total. The number of rotatable bonds is 2. The van der Waals surface area contributed by atoms with Crippen LogP contribution in [0.15, 0.2) is 10.9 Å². The van der Waals surface area contributed by atoms with Gasteiger partial charge in [0, 0.05) is 18.4 Å². The Kier molecular flexibility index (Phi) is 3.04. The molecule has 1 fully saturated rings. The predicted octanol–water partition coefficient (Wildman–Crippen LogP) is 0.720. The monoisotopic (exact) mass is 302 g/mol. The standard InChI is InChI=1S/C15H18N4O3/c1-2-9-6-12-16-13-11(14(20)19(12)17-9)7-18(15(13)21)10-4-3-5-22-8-10/h6,10,17H,2-5,7-8H2,1H3. The van der Waals surface area contributed by atoms with Gasteiger partial charge in [0.25, 0.3) is 11.5 Å². The molecule has 2 aromatic rings. The Bertz CT molecular complexity index is 801. The highest BCUT2D eigenvalue weighted by atomic mass is 16.5. The number of nitrogens with one attached hydrogen (secondary N) is 1. The van der Waals surface area contributed by atoms with Crippen LogP contribution in [0.5, 0.6) is 0 Å². The molecule has 116 valence electrons. The SMILES string of the molecule is CCc1cc2nc3c(c(=O)n2[nH]1)CN(C1CCCOC1)C3=O. The molecule has 0 bridgehead atoms. The molecular formula is C15H18N4O3. The number of hydrogen-bond donors (Lipinski definition) is 1. The van der Waals surface area contributed by atoms with Crippen LogP contribution >= 0.6 is 0 Å². The van der Waals surface area contributed by atoms with E-state index >= 15 is 0 Å². The summed E-state index contributed by atoms with van der Waals surface area (Å²) in [6, 6.07) is 1.87. The van der Waals surface area contributed by atoms with Crippen LogP contribution in [-0.2, 0) is 17.7 Å². The summed E-state index contributed by atoms with van der Waals surface area (Å²) in [4.78, 5) is 31.4. The van der Waals surface area contributed by atoms with Gasteiger partial charge in [-0.2, -0.15) is 0 Å². The lowest BCUT2D eigenvalue weighted by Crippen LogP contribution is -2.41. The number of carbonyl (C=O) groups excluding carboxylic acids is 1. The van der Waals surface area contributed by atoms with Crippen molar-refractivity contribution in [2.75, 3.05) is 13.2 Å². The first-order chi connectivity index (χ1) is 10.7. The first-order valence-electron chi connectivity index (χ1n) is 7.71. The molecule has 1 unspecified atom stereocenters. The fourth-order valence-electron chi connectivity index (χ4n) is 3.25. The van der Waals surface area contributed by atoms with E-state index in [-0.39, 0.29) is 17.5 Å². The first kappa shape index (κ1) is 13.5. The highest BCUT2D eigenvalue weighted by Crippen LogP contribution is 2.25. The number of H-pyrrole nitrogens is 1. The van der Waals surface area contributed by atoms with Gasteiger partial charge in [0.05, 0.1) is 24.8 Å². The molecule has 7 heteroatoms. The van der Waals surface area contributed by atoms with Crippen molar-refractivity contribution in [3.63, 3.8) is 0 Å². The van der Waals surface area contributed by atoms with E-state index in [1.54, 1.807) is 4.90 Å². The van der Waals surface area contributed by atoms with Crippen LogP contribution in [0.2, 0.25) is 0 Å². The van der Waals surface area contributed by atoms with E-state index < -0.39 is 0 Å². The molecule has 7 nitrogen and oxygen atoms in total. The molecule has 4 heterocycles. The lowest BCUT2D eigenvalue weighted by Gasteiger charge is -2.30. The van der Waals surface area contributed by atoms with Crippen LogP contribution in [0.3, 0.4) is 0 Å². The van der Waals surface area contributed by atoms with Crippen LogP contribution in [0, 0.1) is 0 Å². The molecule has 0 spiro atoms. The zero-order valence-electron chi connectivity index (χ0n) is 12.5. The van der Waals surface area contributed by atoms with E-state index in [1.165, 1.54) is 4.52 Å². The van der Waals surface area contributed by atoms with Gasteiger partial charge in [-0.3, -0.25) is 14.7 Å². The Morgan fingerprint density at radius 1 is 1.45 bits per heavy atom. The summed E-state index contributed by atoms with van der Waals surface area (Å²) in [5.74, 6) is -0.149. The van der Waals surface area contributed by atoms with Crippen molar-refractivity contribution in [2.24, 2.45) is 0 Å². The lowest BCUT2D eigenvalue weighted by atomic mass is 10.1.